The lowest BCUT2D eigenvalue weighted by molar-refractivity contribution is -0.321. The van der Waals surface area contributed by atoms with E-state index < -0.39 is 60.2 Å². The van der Waals surface area contributed by atoms with Crippen LogP contribution in [0.4, 0.5) is 0 Å². The van der Waals surface area contributed by atoms with Crippen molar-refractivity contribution in [3.8, 4) is 6.07 Å². The van der Waals surface area contributed by atoms with Crippen LogP contribution in [-0.4, -0.2) is 66.8 Å². The predicted octanol–water partition coefficient (Wildman–Crippen LogP) is 0.388. The van der Waals surface area contributed by atoms with Crippen molar-refractivity contribution in [3.63, 3.8) is 0 Å². The van der Waals surface area contributed by atoms with Crippen LogP contribution in [0.3, 0.4) is 0 Å². The van der Waals surface area contributed by atoms with Gasteiger partial charge in [0.1, 0.15) is 12.7 Å². The minimum Gasteiger partial charge on any atom is -0.463 e. The SMILES string of the molecule is CC(=O)OC[C@H]1O[C@H](OC(C)(C)C#N)[C@@H](OC(C)=O)[C@H](OC(C)=O)[C@H]1OC(C)=O. The van der Waals surface area contributed by atoms with E-state index in [0.29, 0.717) is 0 Å². The van der Waals surface area contributed by atoms with Crippen molar-refractivity contribution in [2.45, 2.75) is 77.8 Å². The van der Waals surface area contributed by atoms with Gasteiger partial charge in [0.05, 0.1) is 6.07 Å². The third kappa shape index (κ3) is 7.67. The molecule has 0 unspecified atom stereocenters. The number of ether oxygens (including phenoxy) is 6. The summed E-state index contributed by atoms with van der Waals surface area (Å²) in [4.78, 5) is 46.1. The number of esters is 4. The quantitative estimate of drug-likeness (QED) is 0.420. The molecule has 1 rings (SSSR count). The van der Waals surface area contributed by atoms with Gasteiger partial charge >= 0.3 is 23.9 Å². The Kier molecular flexibility index (Phi) is 8.54. The first-order valence-electron chi connectivity index (χ1n) is 8.76. The van der Waals surface area contributed by atoms with Gasteiger partial charge in [0, 0.05) is 27.7 Å². The molecule has 11 nitrogen and oxygen atoms in total. The highest BCUT2D eigenvalue weighted by molar-refractivity contribution is 5.68. The molecule has 5 atom stereocenters. The van der Waals surface area contributed by atoms with Gasteiger partial charge in [0.2, 0.25) is 6.29 Å². The maximum Gasteiger partial charge on any atom is 0.303 e. The zero-order valence-corrected chi connectivity index (χ0v) is 17.1. The Morgan fingerprint density at radius 2 is 1.34 bits per heavy atom. The molecule has 0 aromatic carbocycles. The van der Waals surface area contributed by atoms with Crippen LogP contribution in [0, 0.1) is 11.3 Å². The maximum atomic E-state index is 11.7. The number of hydrogen-bond donors (Lipinski definition) is 0. The van der Waals surface area contributed by atoms with Crippen LogP contribution in [0.2, 0.25) is 0 Å². The highest BCUT2D eigenvalue weighted by Gasteiger charge is 2.53. The molecule has 0 radical (unpaired) electrons. The van der Waals surface area contributed by atoms with Crippen LogP contribution < -0.4 is 0 Å². The monoisotopic (exact) mass is 415 g/mol. The molecule has 0 aliphatic carbocycles. The third-order valence-electron chi connectivity index (χ3n) is 3.63. The first kappa shape index (κ1) is 24.3. The summed E-state index contributed by atoms with van der Waals surface area (Å²) in [5.41, 5.74) is -1.37. The first-order valence-corrected chi connectivity index (χ1v) is 8.76. The fourth-order valence-electron chi connectivity index (χ4n) is 2.60. The summed E-state index contributed by atoms with van der Waals surface area (Å²) in [5.74, 6) is -2.87. The summed E-state index contributed by atoms with van der Waals surface area (Å²) in [6, 6.07) is 1.91. The minimum absolute atomic E-state index is 0.370. The average Bonchev–Trinajstić information content (AvgIpc) is 2.57. The van der Waals surface area contributed by atoms with E-state index in [-0.39, 0.29) is 6.61 Å². The first-order chi connectivity index (χ1) is 13.4. The van der Waals surface area contributed by atoms with Crippen molar-refractivity contribution < 1.29 is 47.6 Å². The van der Waals surface area contributed by atoms with Crippen molar-refractivity contribution in [2.24, 2.45) is 0 Å². The van der Waals surface area contributed by atoms with E-state index in [1.54, 1.807) is 0 Å². The summed E-state index contributed by atoms with van der Waals surface area (Å²) in [6.45, 7) is 7.04. The zero-order valence-electron chi connectivity index (χ0n) is 17.1. The number of carbonyl (C=O) groups is 4. The molecule has 29 heavy (non-hydrogen) atoms. The van der Waals surface area contributed by atoms with E-state index in [4.69, 9.17) is 28.4 Å². The minimum atomic E-state index is -1.38. The van der Waals surface area contributed by atoms with Crippen LogP contribution in [0.5, 0.6) is 0 Å². The summed E-state index contributed by atoms with van der Waals surface area (Å²) in [7, 11) is 0. The van der Waals surface area contributed by atoms with E-state index in [9.17, 15) is 24.4 Å². The molecule has 11 heteroatoms. The molecule has 0 aromatic rings. The Labute approximate surface area is 168 Å². The fraction of sp³-hybridized carbons (Fsp3) is 0.722. The third-order valence-corrected chi connectivity index (χ3v) is 3.63. The fourth-order valence-corrected chi connectivity index (χ4v) is 2.60. The predicted molar refractivity (Wildman–Crippen MR) is 92.7 cm³/mol. The number of carbonyl (C=O) groups excluding carboxylic acids is 4. The van der Waals surface area contributed by atoms with E-state index in [1.807, 2.05) is 6.07 Å². The van der Waals surface area contributed by atoms with Crippen LogP contribution in [0.25, 0.3) is 0 Å². The van der Waals surface area contributed by atoms with E-state index >= 15 is 0 Å². The van der Waals surface area contributed by atoms with Gasteiger partial charge < -0.3 is 28.4 Å². The Bertz CT molecular complexity index is 683. The van der Waals surface area contributed by atoms with Crippen molar-refractivity contribution in [1.29, 1.82) is 5.26 Å². The van der Waals surface area contributed by atoms with Crippen LogP contribution >= 0.6 is 0 Å². The highest BCUT2D eigenvalue weighted by Crippen LogP contribution is 2.31. The summed E-state index contributed by atoms with van der Waals surface area (Å²) >= 11 is 0. The van der Waals surface area contributed by atoms with Crippen molar-refractivity contribution in [2.75, 3.05) is 6.61 Å². The van der Waals surface area contributed by atoms with E-state index in [0.717, 1.165) is 20.8 Å². The molecule has 1 fully saturated rings. The molecule has 0 N–H and O–H groups in total. The zero-order chi connectivity index (χ0) is 22.4. The second-order valence-electron chi connectivity index (χ2n) is 6.81. The lowest BCUT2D eigenvalue weighted by atomic mass is 9.97. The second-order valence-corrected chi connectivity index (χ2v) is 6.81. The Hall–Kier alpha value is -2.71. The van der Waals surface area contributed by atoms with Gasteiger partial charge in [-0.1, -0.05) is 0 Å². The van der Waals surface area contributed by atoms with E-state index in [1.165, 1.54) is 20.8 Å². The molecule has 0 spiro atoms. The largest absolute Gasteiger partial charge is 0.463 e. The molecule has 1 saturated heterocycles. The number of hydrogen-bond acceptors (Lipinski definition) is 11. The molecule has 162 valence electrons. The van der Waals surface area contributed by atoms with Crippen molar-refractivity contribution in [3.05, 3.63) is 0 Å². The van der Waals surface area contributed by atoms with Gasteiger partial charge in [-0.2, -0.15) is 5.26 Å². The van der Waals surface area contributed by atoms with Gasteiger partial charge in [-0.15, -0.1) is 0 Å². The summed E-state index contributed by atoms with van der Waals surface area (Å²) < 4.78 is 32.0. The van der Waals surface area contributed by atoms with Gasteiger partial charge in [-0.25, -0.2) is 0 Å². The molecule has 0 bridgehead atoms. The molecule has 0 saturated carbocycles. The Balaban J connectivity index is 3.38. The summed E-state index contributed by atoms with van der Waals surface area (Å²) in [6.07, 6.45) is -6.48. The van der Waals surface area contributed by atoms with Crippen molar-refractivity contribution >= 4 is 23.9 Å². The second kappa shape index (κ2) is 10.2. The van der Waals surface area contributed by atoms with E-state index in [2.05, 4.69) is 0 Å². The number of nitrogens with zero attached hydrogens (tertiary/aromatic N) is 1. The topological polar surface area (TPSA) is 147 Å². The molecule has 1 aliphatic rings. The number of nitriles is 1. The molecule has 1 aliphatic heterocycles. The average molecular weight is 415 g/mol. The Morgan fingerprint density at radius 3 is 1.79 bits per heavy atom. The molecular weight excluding hydrogens is 390 g/mol. The van der Waals surface area contributed by atoms with Gasteiger partial charge in [-0.3, -0.25) is 19.2 Å². The normalized spacial score (nSPS) is 26.6. The lowest BCUT2D eigenvalue weighted by Crippen LogP contribution is -2.63. The smallest absolute Gasteiger partial charge is 0.303 e. The Morgan fingerprint density at radius 1 is 0.862 bits per heavy atom. The molecule has 0 aromatic heterocycles. The van der Waals surface area contributed by atoms with Crippen LogP contribution in [0.1, 0.15) is 41.5 Å². The lowest BCUT2D eigenvalue weighted by Gasteiger charge is -2.45. The van der Waals surface area contributed by atoms with Gasteiger partial charge in [0.15, 0.2) is 23.9 Å². The molecular formula is C18H25NO10. The van der Waals surface area contributed by atoms with Gasteiger partial charge in [0.25, 0.3) is 0 Å². The molecule has 0 amide bonds. The molecule has 1 heterocycles. The van der Waals surface area contributed by atoms with Gasteiger partial charge in [-0.05, 0) is 13.8 Å². The standard InChI is InChI=1S/C18H25NO10/c1-9(20)24-7-13-14(25-10(2)21)15(26-11(3)22)16(27-12(4)23)17(28-13)29-18(5,6)8-19/h13-17H,7H2,1-6H3/t13-,14+,15-,16+,17-/m1/s1. The van der Waals surface area contributed by atoms with Crippen LogP contribution in [-0.2, 0) is 47.6 Å². The number of rotatable bonds is 7. The summed E-state index contributed by atoms with van der Waals surface area (Å²) in [5, 5.41) is 9.25. The highest BCUT2D eigenvalue weighted by atomic mass is 16.7. The van der Waals surface area contributed by atoms with Crippen LogP contribution in [0.15, 0.2) is 0 Å². The maximum absolute atomic E-state index is 11.7. The van der Waals surface area contributed by atoms with Crippen molar-refractivity contribution in [1.82, 2.24) is 0 Å².